The normalized spacial score (nSPS) is 16.1. The monoisotopic (exact) mass is 658 g/mol. The molecule has 0 N–H and O–H groups in total. The summed E-state index contributed by atoms with van der Waals surface area (Å²) in [6.45, 7) is 0. The van der Waals surface area contributed by atoms with Gasteiger partial charge >= 0.3 is 0 Å². The van der Waals surface area contributed by atoms with Gasteiger partial charge in [0.05, 0.1) is 22.8 Å². The molecule has 0 atom stereocenters. The maximum Gasteiger partial charge on any atom is 0.226 e. The van der Waals surface area contributed by atoms with Gasteiger partial charge in [0.2, 0.25) is 11.3 Å². The molecule has 0 spiro atoms. The Bertz CT molecular complexity index is 1940. The zero-order valence-electron chi connectivity index (χ0n) is 25.7. The van der Waals surface area contributed by atoms with Gasteiger partial charge in [0, 0.05) is 43.4 Å². The van der Waals surface area contributed by atoms with Crippen LogP contribution in [0.3, 0.4) is 0 Å². The van der Waals surface area contributed by atoms with Gasteiger partial charge in [-0.1, -0.05) is 169 Å². The van der Waals surface area contributed by atoms with Crippen molar-refractivity contribution in [1.82, 2.24) is 0 Å². The molecule has 0 saturated heterocycles. The van der Waals surface area contributed by atoms with Crippen molar-refractivity contribution in [1.29, 1.82) is 0 Å². The number of halogens is 2. The predicted molar refractivity (Wildman–Crippen MR) is 198 cm³/mol. The Morgan fingerprint density at radius 3 is 0.750 bits per heavy atom. The highest BCUT2D eigenvalue weighted by atomic mass is 35.5. The molecule has 6 aromatic rings. The van der Waals surface area contributed by atoms with Crippen LogP contribution in [-0.2, 0) is 11.3 Å². The van der Waals surface area contributed by atoms with E-state index in [-0.39, 0.29) is 0 Å². The lowest BCUT2D eigenvalue weighted by molar-refractivity contribution is 0.257. The molecule has 0 aliphatic carbocycles. The van der Waals surface area contributed by atoms with Crippen LogP contribution in [0.2, 0.25) is 10.0 Å². The summed E-state index contributed by atoms with van der Waals surface area (Å²) in [5.41, 5.74) is 5.64. The van der Waals surface area contributed by atoms with Gasteiger partial charge in [-0.15, -0.1) is 0 Å². The molecule has 2 aliphatic heterocycles. The highest BCUT2D eigenvalue weighted by Crippen LogP contribution is 2.54. The topological polar surface area (TPSA) is 49.4 Å². The minimum atomic E-state index is -1.38. The number of rotatable bonds is 7. The van der Waals surface area contributed by atoms with Crippen molar-refractivity contribution in [2.75, 3.05) is 0 Å². The fraction of sp³-hybridized carbons (Fsp3) is 0.0476. The molecule has 0 radical (unpaired) electrons. The maximum absolute atomic E-state index is 6.51. The maximum atomic E-state index is 6.51. The van der Waals surface area contributed by atoms with E-state index >= 15 is 0 Å². The summed E-state index contributed by atoms with van der Waals surface area (Å²) >= 11 is 13.0. The van der Waals surface area contributed by atoms with E-state index in [1.807, 2.05) is 121 Å². The summed E-state index contributed by atoms with van der Waals surface area (Å²) in [5.74, 6) is 0. The minimum absolute atomic E-state index is 0.611. The SMILES string of the molecule is Clc1ccc(C2(C3(c4ccc(Cl)cc4)N=C(c4ccccc4)C(c4ccccc4)=N3)N=C(c3ccccc3)C(c3ccccc3)=N2)cc1. The third-order valence-electron chi connectivity index (χ3n) is 8.71. The van der Waals surface area contributed by atoms with Gasteiger partial charge in [0.15, 0.2) is 0 Å². The van der Waals surface area contributed by atoms with E-state index in [4.69, 9.17) is 43.2 Å². The van der Waals surface area contributed by atoms with E-state index < -0.39 is 11.3 Å². The molecule has 4 nitrogen and oxygen atoms in total. The number of aliphatic imine (C=N–C) groups is 4. The first-order chi connectivity index (χ1) is 23.6. The van der Waals surface area contributed by atoms with Crippen molar-refractivity contribution >= 4 is 46.0 Å². The number of hydrogen-bond donors (Lipinski definition) is 0. The molecular weight excluding hydrogens is 631 g/mol. The molecule has 0 unspecified atom stereocenters. The van der Waals surface area contributed by atoms with Crippen molar-refractivity contribution in [3.05, 3.63) is 213 Å². The summed E-state index contributed by atoms with van der Waals surface area (Å²) in [4.78, 5) is 22.7. The van der Waals surface area contributed by atoms with E-state index in [0.29, 0.717) is 10.0 Å². The van der Waals surface area contributed by atoms with Gasteiger partial charge < -0.3 is 0 Å². The fourth-order valence-corrected chi connectivity index (χ4v) is 6.69. The van der Waals surface area contributed by atoms with Crippen LogP contribution in [0.5, 0.6) is 0 Å². The molecule has 8 rings (SSSR count). The van der Waals surface area contributed by atoms with Gasteiger partial charge in [-0.3, -0.25) is 0 Å². The van der Waals surface area contributed by atoms with Crippen molar-refractivity contribution in [2.45, 2.75) is 11.3 Å². The first kappa shape index (κ1) is 29.9. The van der Waals surface area contributed by atoms with Crippen molar-refractivity contribution in [3.63, 3.8) is 0 Å². The molecule has 0 saturated carbocycles. The van der Waals surface area contributed by atoms with Gasteiger partial charge in [-0.05, 0) is 24.3 Å². The second-order valence-corrected chi connectivity index (χ2v) is 12.5. The third-order valence-corrected chi connectivity index (χ3v) is 9.22. The van der Waals surface area contributed by atoms with Gasteiger partial charge in [0.1, 0.15) is 0 Å². The van der Waals surface area contributed by atoms with Crippen LogP contribution in [0.1, 0.15) is 33.4 Å². The first-order valence-electron chi connectivity index (χ1n) is 15.7. The Morgan fingerprint density at radius 2 is 0.521 bits per heavy atom. The molecular formula is C42H28Cl2N4. The lowest BCUT2D eigenvalue weighted by Gasteiger charge is -2.38. The average molecular weight is 660 g/mol. The van der Waals surface area contributed by atoms with E-state index in [0.717, 1.165) is 56.2 Å². The van der Waals surface area contributed by atoms with E-state index in [1.54, 1.807) is 0 Å². The van der Waals surface area contributed by atoms with Crippen molar-refractivity contribution in [3.8, 4) is 0 Å². The number of benzene rings is 6. The smallest absolute Gasteiger partial charge is 0.226 e. The largest absolute Gasteiger partial charge is 0.243 e. The van der Waals surface area contributed by atoms with Crippen LogP contribution in [-0.4, -0.2) is 22.8 Å². The zero-order chi connectivity index (χ0) is 32.6. The Hall–Kier alpha value is -5.42. The average Bonchev–Trinajstić information content (AvgIpc) is 3.77. The van der Waals surface area contributed by atoms with E-state index in [1.165, 1.54) is 0 Å². The summed E-state index contributed by atoms with van der Waals surface area (Å²) in [6, 6.07) is 56.1. The molecule has 48 heavy (non-hydrogen) atoms. The Balaban J connectivity index is 1.53. The van der Waals surface area contributed by atoms with Crippen molar-refractivity contribution < 1.29 is 0 Å². The molecule has 2 heterocycles. The van der Waals surface area contributed by atoms with Crippen LogP contribution < -0.4 is 0 Å². The molecule has 0 amide bonds. The predicted octanol–water partition coefficient (Wildman–Crippen LogP) is 9.98. The van der Waals surface area contributed by atoms with Gasteiger partial charge in [-0.2, -0.15) is 0 Å². The summed E-state index contributed by atoms with van der Waals surface area (Å²) < 4.78 is 0. The second-order valence-electron chi connectivity index (χ2n) is 11.7. The van der Waals surface area contributed by atoms with Gasteiger partial charge in [-0.25, -0.2) is 20.0 Å². The Labute approximate surface area is 289 Å². The van der Waals surface area contributed by atoms with Gasteiger partial charge in [0.25, 0.3) is 0 Å². The number of hydrogen-bond acceptors (Lipinski definition) is 4. The zero-order valence-corrected chi connectivity index (χ0v) is 27.2. The van der Waals surface area contributed by atoms with Crippen LogP contribution >= 0.6 is 23.2 Å². The highest BCUT2D eigenvalue weighted by molar-refractivity contribution is 6.55. The first-order valence-corrected chi connectivity index (χ1v) is 16.5. The molecule has 0 aromatic heterocycles. The standard InChI is InChI=1S/C42H28Cl2N4/c43-35-25-21-33(22-26-35)41(45-37(29-13-5-1-6-14-29)38(46-41)30-15-7-2-8-16-30)42(34-23-27-36(44)28-24-34)47-39(31-17-9-3-10-18-31)40(48-42)32-19-11-4-12-20-32/h1-28H. The summed E-state index contributed by atoms with van der Waals surface area (Å²) in [5, 5.41) is 1.22. The van der Waals surface area contributed by atoms with E-state index in [2.05, 4.69) is 48.5 Å². The fourth-order valence-electron chi connectivity index (χ4n) is 6.44. The molecule has 0 bridgehead atoms. The van der Waals surface area contributed by atoms with Crippen LogP contribution in [0.25, 0.3) is 0 Å². The Kier molecular flexibility index (Phi) is 7.68. The quantitative estimate of drug-likeness (QED) is 0.164. The van der Waals surface area contributed by atoms with Crippen LogP contribution in [0.4, 0.5) is 0 Å². The summed E-state index contributed by atoms with van der Waals surface area (Å²) in [6.07, 6.45) is 0. The molecule has 2 aliphatic rings. The molecule has 6 aromatic carbocycles. The molecule has 230 valence electrons. The lowest BCUT2D eigenvalue weighted by atomic mass is 9.82. The molecule has 6 heteroatoms. The third kappa shape index (κ3) is 5.11. The second kappa shape index (κ2) is 12.3. The van der Waals surface area contributed by atoms with Crippen LogP contribution in [0.15, 0.2) is 190 Å². The lowest BCUT2D eigenvalue weighted by Crippen LogP contribution is -2.43. The highest BCUT2D eigenvalue weighted by Gasteiger charge is 2.60. The van der Waals surface area contributed by atoms with Crippen molar-refractivity contribution in [2.24, 2.45) is 20.0 Å². The number of nitrogens with zero attached hydrogens (tertiary/aromatic N) is 4. The minimum Gasteiger partial charge on any atom is -0.243 e. The van der Waals surface area contributed by atoms with E-state index in [9.17, 15) is 0 Å². The Morgan fingerprint density at radius 1 is 0.292 bits per heavy atom. The van der Waals surface area contributed by atoms with Crippen LogP contribution in [0, 0.1) is 0 Å². The molecule has 0 fully saturated rings. The summed E-state index contributed by atoms with van der Waals surface area (Å²) in [7, 11) is 0.